The van der Waals surface area contributed by atoms with Crippen LogP contribution in [0.25, 0.3) is 11.0 Å². The summed E-state index contributed by atoms with van der Waals surface area (Å²) in [5, 5.41) is 12.5. The van der Waals surface area contributed by atoms with Crippen molar-refractivity contribution in [3.63, 3.8) is 0 Å². The first-order chi connectivity index (χ1) is 13.4. The molecule has 1 aliphatic rings. The predicted molar refractivity (Wildman–Crippen MR) is 107 cm³/mol. The number of carbonyl (C=O) groups is 1. The number of aromatic amines is 1. The second-order valence-corrected chi connectivity index (χ2v) is 7.46. The highest BCUT2D eigenvalue weighted by molar-refractivity contribution is 5.87. The van der Waals surface area contributed by atoms with Crippen LogP contribution < -0.4 is 10.9 Å². The number of piperidine rings is 1. The van der Waals surface area contributed by atoms with Gasteiger partial charge < -0.3 is 20.3 Å². The SMILES string of the molecule is CN1C[C@H](Nc2nc3cc[nH]c3c(=O)n2C)C[C@H](c2ccc(C(=O)O)cc2)C1. The van der Waals surface area contributed by atoms with Gasteiger partial charge in [0.2, 0.25) is 5.95 Å². The number of likely N-dealkylation sites (tertiary alicyclic amines) is 1. The van der Waals surface area contributed by atoms with Gasteiger partial charge >= 0.3 is 5.97 Å². The Morgan fingerprint density at radius 3 is 2.68 bits per heavy atom. The van der Waals surface area contributed by atoms with E-state index in [4.69, 9.17) is 5.11 Å². The molecule has 1 saturated heterocycles. The van der Waals surface area contributed by atoms with Crippen molar-refractivity contribution in [3.05, 3.63) is 58.0 Å². The molecule has 3 heterocycles. The number of carboxylic acid groups (broad SMARTS) is 1. The van der Waals surface area contributed by atoms with Crippen molar-refractivity contribution in [2.45, 2.75) is 18.4 Å². The van der Waals surface area contributed by atoms with Crippen molar-refractivity contribution in [2.75, 3.05) is 25.5 Å². The van der Waals surface area contributed by atoms with E-state index in [-0.39, 0.29) is 17.5 Å². The highest BCUT2D eigenvalue weighted by atomic mass is 16.4. The molecule has 28 heavy (non-hydrogen) atoms. The lowest BCUT2D eigenvalue weighted by Gasteiger charge is -2.36. The Hall–Kier alpha value is -3.13. The van der Waals surface area contributed by atoms with Gasteiger partial charge in [0.25, 0.3) is 5.56 Å². The summed E-state index contributed by atoms with van der Waals surface area (Å²) < 4.78 is 1.53. The van der Waals surface area contributed by atoms with Crippen molar-refractivity contribution < 1.29 is 9.90 Å². The van der Waals surface area contributed by atoms with E-state index in [1.54, 1.807) is 31.4 Å². The fourth-order valence-corrected chi connectivity index (χ4v) is 3.95. The van der Waals surface area contributed by atoms with E-state index in [1.807, 2.05) is 12.1 Å². The monoisotopic (exact) mass is 381 g/mol. The first-order valence-corrected chi connectivity index (χ1v) is 9.25. The van der Waals surface area contributed by atoms with Crippen LogP contribution in [-0.2, 0) is 7.05 Å². The third-order valence-electron chi connectivity index (χ3n) is 5.38. The summed E-state index contributed by atoms with van der Waals surface area (Å²) >= 11 is 0. The van der Waals surface area contributed by atoms with Crippen molar-refractivity contribution in [3.8, 4) is 0 Å². The number of nitrogens with one attached hydrogen (secondary N) is 2. The van der Waals surface area contributed by atoms with E-state index < -0.39 is 5.97 Å². The van der Waals surface area contributed by atoms with E-state index in [0.717, 1.165) is 25.1 Å². The number of benzene rings is 1. The highest BCUT2D eigenvalue weighted by Gasteiger charge is 2.27. The molecule has 8 nitrogen and oxygen atoms in total. The summed E-state index contributed by atoms with van der Waals surface area (Å²) in [7, 11) is 3.78. The molecular weight excluding hydrogens is 358 g/mol. The Morgan fingerprint density at radius 1 is 1.21 bits per heavy atom. The van der Waals surface area contributed by atoms with Crippen LogP contribution in [0.1, 0.15) is 28.3 Å². The maximum Gasteiger partial charge on any atom is 0.335 e. The Balaban J connectivity index is 1.56. The number of nitrogens with zero attached hydrogens (tertiary/aromatic N) is 3. The van der Waals surface area contributed by atoms with E-state index in [0.29, 0.717) is 22.5 Å². The van der Waals surface area contributed by atoms with E-state index in [2.05, 4.69) is 27.2 Å². The summed E-state index contributed by atoms with van der Waals surface area (Å²) in [6, 6.07) is 9.01. The van der Waals surface area contributed by atoms with Gasteiger partial charge in [0, 0.05) is 32.4 Å². The normalized spacial score (nSPS) is 20.4. The largest absolute Gasteiger partial charge is 0.478 e. The number of hydrogen-bond donors (Lipinski definition) is 3. The van der Waals surface area contributed by atoms with Gasteiger partial charge in [-0.2, -0.15) is 0 Å². The Bertz CT molecular complexity index is 1070. The molecule has 146 valence electrons. The standard InChI is InChI=1S/C20H23N5O3/c1-24-10-14(12-3-5-13(6-4-12)19(27)28)9-15(11-24)22-20-23-16-7-8-21-17(16)18(26)25(20)2/h3-8,14-15,21H,9-11H2,1-2H3,(H,22,23)(H,27,28)/t14-,15+/m0/s1. The molecule has 1 fully saturated rings. The molecule has 3 aromatic rings. The van der Waals surface area contributed by atoms with Crippen molar-refractivity contribution >= 4 is 23.0 Å². The third kappa shape index (κ3) is 3.38. The second kappa shape index (κ2) is 7.12. The molecule has 2 atom stereocenters. The molecule has 0 aliphatic carbocycles. The Labute approximate surface area is 161 Å². The number of hydrogen-bond acceptors (Lipinski definition) is 5. The summed E-state index contributed by atoms with van der Waals surface area (Å²) in [4.78, 5) is 33.3. The van der Waals surface area contributed by atoms with Gasteiger partial charge in [0.1, 0.15) is 5.52 Å². The molecule has 0 spiro atoms. The summed E-state index contributed by atoms with van der Waals surface area (Å²) in [6.07, 6.45) is 2.59. The van der Waals surface area contributed by atoms with Crippen molar-refractivity contribution in [2.24, 2.45) is 7.05 Å². The molecule has 0 unspecified atom stereocenters. The molecule has 0 amide bonds. The molecule has 0 radical (unpaired) electrons. The third-order valence-corrected chi connectivity index (χ3v) is 5.38. The molecule has 0 saturated carbocycles. The lowest BCUT2D eigenvalue weighted by Crippen LogP contribution is -2.44. The number of anilines is 1. The Morgan fingerprint density at radius 2 is 1.96 bits per heavy atom. The predicted octanol–water partition coefficient (Wildman–Crippen LogP) is 1.86. The Kier molecular flexibility index (Phi) is 4.64. The summed E-state index contributed by atoms with van der Waals surface area (Å²) in [6.45, 7) is 1.73. The zero-order valence-electron chi connectivity index (χ0n) is 15.8. The molecular formula is C20H23N5O3. The van der Waals surface area contributed by atoms with Crippen LogP contribution in [0.2, 0.25) is 0 Å². The number of fused-ring (bicyclic) bond motifs is 1. The van der Waals surface area contributed by atoms with Gasteiger partial charge in [-0.15, -0.1) is 0 Å². The number of aromatic carboxylic acids is 1. The molecule has 4 rings (SSSR count). The maximum absolute atomic E-state index is 12.5. The van der Waals surface area contributed by atoms with Crippen molar-refractivity contribution in [1.29, 1.82) is 0 Å². The molecule has 2 aromatic heterocycles. The molecule has 8 heteroatoms. The molecule has 1 aromatic carbocycles. The highest BCUT2D eigenvalue weighted by Crippen LogP contribution is 2.28. The van der Waals surface area contributed by atoms with Gasteiger partial charge in [-0.1, -0.05) is 12.1 Å². The van der Waals surface area contributed by atoms with Gasteiger partial charge in [-0.3, -0.25) is 9.36 Å². The fourth-order valence-electron chi connectivity index (χ4n) is 3.95. The van der Waals surface area contributed by atoms with Gasteiger partial charge in [0.15, 0.2) is 0 Å². The van der Waals surface area contributed by atoms with Crippen LogP contribution in [0, 0.1) is 0 Å². The molecule has 1 aliphatic heterocycles. The van der Waals surface area contributed by atoms with Crippen LogP contribution in [-0.4, -0.2) is 56.7 Å². The zero-order valence-corrected chi connectivity index (χ0v) is 15.8. The summed E-state index contributed by atoms with van der Waals surface area (Å²) in [5.41, 5.74) is 2.45. The van der Waals surface area contributed by atoms with Gasteiger partial charge in [-0.25, -0.2) is 9.78 Å². The van der Waals surface area contributed by atoms with E-state index in [9.17, 15) is 9.59 Å². The quantitative estimate of drug-likeness (QED) is 0.637. The lowest BCUT2D eigenvalue weighted by atomic mass is 9.88. The van der Waals surface area contributed by atoms with Crippen LogP contribution in [0.15, 0.2) is 41.3 Å². The number of H-pyrrole nitrogens is 1. The van der Waals surface area contributed by atoms with Gasteiger partial charge in [0.05, 0.1) is 11.1 Å². The van der Waals surface area contributed by atoms with Crippen LogP contribution >= 0.6 is 0 Å². The van der Waals surface area contributed by atoms with Gasteiger partial charge in [-0.05, 0) is 43.1 Å². The summed E-state index contributed by atoms with van der Waals surface area (Å²) in [5.74, 6) is -0.0940. The van der Waals surface area contributed by atoms with E-state index >= 15 is 0 Å². The van der Waals surface area contributed by atoms with Crippen molar-refractivity contribution in [1.82, 2.24) is 19.4 Å². The lowest BCUT2D eigenvalue weighted by molar-refractivity contribution is 0.0697. The average molecular weight is 381 g/mol. The molecule has 3 N–H and O–H groups in total. The average Bonchev–Trinajstić information content (AvgIpc) is 3.14. The smallest absolute Gasteiger partial charge is 0.335 e. The first-order valence-electron chi connectivity index (χ1n) is 9.25. The number of rotatable bonds is 4. The van der Waals surface area contributed by atoms with Crippen LogP contribution in [0.3, 0.4) is 0 Å². The van der Waals surface area contributed by atoms with Crippen LogP contribution in [0.5, 0.6) is 0 Å². The number of likely N-dealkylation sites (N-methyl/N-ethyl adjacent to an activating group) is 1. The van der Waals surface area contributed by atoms with E-state index in [1.165, 1.54) is 4.57 Å². The second-order valence-electron chi connectivity index (χ2n) is 7.46. The minimum absolute atomic E-state index is 0.109. The minimum Gasteiger partial charge on any atom is -0.478 e. The van der Waals surface area contributed by atoms with Crippen LogP contribution in [0.4, 0.5) is 5.95 Å². The number of carboxylic acids is 1. The first kappa shape index (κ1) is 18.2. The number of aromatic nitrogens is 3. The topological polar surface area (TPSA) is 103 Å². The zero-order chi connectivity index (χ0) is 19.8. The maximum atomic E-state index is 12.5. The molecule has 0 bridgehead atoms. The minimum atomic E-state index is -0.918. The fraction of sp³-hybridized carbons (Fsp3) is 0.350.